The lowest BCUT2D eigenvalue weighted by molar-refractivity contribution is 0.581. The van der Waals surface area contributed by atoms with Gasteiger partial charge in [-0.25, -0.2) is 18.1 Å². The number of hydrogen-bond donors (Lipinski definition) is 1. The maximum Gasteiger partial charge on any atom is 0.240 e. The van der Waals surface area contributed by atoms with Crippen LogP contribution in [-0.4, -0.2) is 19.9 Å². The molecule has 0 spiro atoms. The molecule has 0 atom stereocenters. The summed E-state index contributed by atoms with van der Waals surface area (Å²) in [5.41, 5.74) is 0. The fourth-order valence-corrected chi connectivity index (χ4v) is 3.39. The van der Waals surface area contributed by atoms with Crippen molar-refractivity contribution in [3.8, 4) is 0 Å². The molecule has 0 aliphatic carbocycles. The number of sulfonamides is 1. The summed E-state index contributed by atoms with van der Waals surface area (Å²) in [4.78, 5) is 5.03. The predicted octanol–water partition coefficient (Wildman–Crippen LogP) is 2.32. The van der Waals surface area contributed by atoms with Crippen molar-refractivity contribution >= 4 is 33.0 Å². The van der Waals surface area contributed by atoms with E-state index in [1.165, 1.54) is 18.3 Å². The molecule has 0 aliphatic rings. The van der Waals surface area contributed by atoms with Crippen molar-refractivity contribution < 1.29 is 8.42 Å². The minimum atomic E-state index is -3.51. The van der Waals surface area contributed by atoms with Gasteiger partial charge in [0, 0.05) is 17.6 Å². The third kappa shape index (κ3) is 3.52. The molecule has 7 heteroatoms. The van der Waals surface area contributed by atoms with Crippen LogP contribution in [0.5, 0.6) is 0 Å². The molecule has 2 heterocycles. The summed E-state index contributed by atoms with van der Waals surface area (Å²) in [6, 6.07) is 6.66. The molecule has 1 N–H and O–H groups in total. The van der Waals surface area contributed by atoms with Gasteiger partial charge in [-0.1, -0.05) is 17.7 Å². The Morgan fingerprint density at radius 1 is 1.39 bits per heavy atom. The summed E-state index contributed by atoms with van der Waals surface area (Å²) in [6.45, 7) is 0.364. The molecule has 0 saturated carbocycles. The van der Waals surface area contributed by atoms with Crippen molar-refractivity contribution in [2.75, 3.05) is 6.54 Å². The van der Waals surface area contributed by atoms with Gasteiger partial charge in [-0.3, -0.25) is 0 Å². The topological polar surface area (TPSA) is 59.1 Å². The van der Waals surface area contributed by atoms with Crippen LogP contribution in [0.3, 0.4) is 0 Å². The van der Waals surface area contributed by atoms with Crippen LogP contribution in [-0.2, 0) is 16.4 Å². The van der Waals surface area contributed by atoms with Gasteiger partial charge in [0.05, 0.1) is 4.90 Å². The molecule has 4 nitrogen and oxygen atoms in total. The van der Waals surface area contributed by atoms with Crippen LogP contribution in [0.25, 0.3) is 0 Å². The van der Waals surface area contributed by atoms with Crippen molar-refractivity contribution in [2.45, 2.75) is 11.3 Å². The maximum atomic E-state index is 11.9. The second-order valence-corrected chi connectivity index (χ2v) is 6.73. The van der Waals surface area contributed by atoms with E-state index in [0.29, 0.717) is 13.0 Å². The van der Waals surface area contributed by atoms with E-state index in [2.05, 4.69) is 9.71 Å². The highest BCUT2D eigenvalue weighted by Gasteiger charge is 2.13. The minimum Gasteiger partial charge on any atom is -0.244 e. The predicted molar refractivity (Wildman–Crippen MR) is 72.5 cm³/mol. The van der Waals surface area contributed by atoms with Gasteiger partial charge in [0.2, 0.25) is 10.0 Å². The lowest BCUT2D eigenvalue weighted by Crippen LogP contribution is -2.25. The molecule has 0 fully saturated rings. The number of nitrogens with one attached hydrogen (secondary N) is 1. The second kappa shape index (κ2) is 5.79. The van der Waals surface area contributed by atoms with E-state index in [1.54, 1.807) is 11.3 Å². The number of nitrogens with zero attached hydrogens (tertiary/aromatic N) is 1. The number of halogens is 1. The molecule has 96 valence electrons. The van der Waals surface area contributed by atoms with Crippen LogP contribution in [0.4, 0.5) is 0 Å². The molecule has 0 unspecified atom stereocenters. The molecule has 0 radical (unpaired) electrons. The summed E-state index contributed by atoms with van der Waals surface area (Å²) in [7, 11) is -3.51. The summed E-state index contributed by atoms with van der Waals surface area (Å²) < 4.78 is 26.4. The van der Waals surface area contributed by atoms with Crippen molar-refractivity contribution in [3.63, 3.8) is 0 Å². The molecular formula is C11H11ClN2O2S2. The van der Waals surface area contributed by atoms with E-state index >= 15 is 0 Å². The van der Waals surface area contributed by atoms with Crippen LogP contribution in [0, 0.1) is 0 Å². The van der Waals surface area contributed by atoms with Crippen molar-refractivity contribution in [3.05, 3.63) is 45.9 Å². The van der Waals surface area contributed by atoms with Gasteiger partial charge in [0.25, 0.3) is 0 Å². The fraction of sp³-hybridized carbons (Fsp3) is 0.182. The Morgan fingerprint density at radius 3 is 2.89 bits per heavy atom. The number of aromatic nitrogens is 1. The average Bonchev–Trinajstić information content (AvgIpc) is 2.82. The van der Waals surface area contributed by atoms with E-state index in [4.69, 9.17) is 11.6 Å². The monoisotopic (exact) mass is 302 g/mol. The highest BCUT2D eigenvalue weighted by Crippen LogP contribution is 2.13. The summed E-state index contributed by atoms with van der Waals surface area (Å²) in [5.74, 6) is 0. The normalized spacial score (nSPS) is 11.6. The minimum absolute atomic E-state index is 0.133. The van der Waals surface area contributed by atoms with Gasteiger partial charge >= 0.3 is 0 Å². The molecular weight excluding hydrogens is 292 g/mol. The Morgan fingerprint density at radius 2 is 2.22 bits per heavy atom. The zero-order valence-electron chi connectivity index (χ0n) is 9.34. The molecule has 0 bridgehead atoms. The number of pyridine rings is 1. The maximum absolute atomic E-state index is 11.9. The molecule has 2 aromatic rings. The van der Waals surface area contributed by atoms with E-state index in [1.807, 2.05) is 17.5 Å². The first-order chi connectivity index (χ1) is 8.58. The lowest BCUT2D eigenvalue weighted by Gasteiger charge is -2.05. The Kier molecular flexibility index (Phi) is 4.34. The van der Waals surface area contributed by atoms with Crippen molar-refractivity contribution in [2.24, 2.45) is 0 Å². The zero-order valence-corrected chi connectivity index (χ0v) is 11.7. The van der Waals surface area contributed by atoms with Gasteiger partial charge in [0.1, 0.15) is 5.15 Å². The summed E-state index contributed by atoms with van der Waals surface area (Å²) in [6.07, 6.45) is 2.05. The van der Waals surface area contributed by atoms with E-state index in [9.17, 15) is 8.42 Å². The van der Waals surface area contributed by atoms with Crippen molar-refractivity contribution in [1.29, 1.82) is 0 Å². The molecule has 0 aromatic carbocycles. The van der Waals surface area contributed by atoms with Crippen LogP contribution >= 0.6 is 22.9 Å². The summed E-state index contributed by atoms with van der Waals surface area (Å²) >= 11 is 7.27. The van der Waals surface area contributed by atoms with E-state index in [0.717, 1.165) is 4.88 Å². The van der Waals surface area contributed by atoms with Gasteiger partial charge in [-0.05, 0) is 30.0 Å². The average molecular weight is 303 g/mol. The van der Waals surface area contributed by atoms with E-state index in [-0.39, 0.29) is 10.0 Å². The van der Waals surface area contributed by atoms with Gasteiger partial charge < -0.3 is 0 Å². The first-order valence-corrected chi connectivity index (χ1v) is 7.95. The second-order valence-electron chi connectivity index (χ2n) is 3.54. The Hall–Kier alpha value is -0.950. The van der Waals surface area contributed by atoms with Crippen LogP contribution in [0.2, 0.25) is 5.15 Å². The smallest absolute Gasteiger partial charge is 0.240 e. The number of rotatable bonds is 5. The third-order valence-corrected chi connectivity index (χ3v) is 4.85. The van der Waals surface area contributed by atoms with Gasteiger partial charge in [0.15, 0.2) is 0 Å². The SMILES string of the molecule is O=S(=O)(NCCc1cccs1)c1ccnc(Cl)c1. The third-order valence-electron chi connectivity index (χ3n) is 2.25. The highest BCUT2D eigenvalue weighted by molar-refractivity contribution is 7.89. The largest absolute Gasteiger partial charge is 0.244 e. The Balaban J connectivity index is 1.99. The highest BCUT2D eigenvalue weighted by atomic mass is 35.5. The molecule has 2 rings (SSSR count). The number of hydrogen-bond acceptors (Lipinski definition) is 4. The van der Waals surface area contributed by atoms with Gasteiger partial charge in [-0.15, -0.1) is 11.3 Å². The zero-order chi connectivity index (χ0) is 13.0. The molecule has 0 aliphatic heterocycles. The Labute approximate surface area is 115 Å². The summed E-state index contributed by atoms with van der Waals surface area (Å²) in [5, 5.41) is 2.13. The quantitative estimate of drug-likeness (QED) is 0.862. The Bertz CT molecular complexity index is 612. The van der Waals surface area contributed by atoms with Gasteiger partial charge in [-0.2, -0.15) is 0 Å². The molecule has 2 aromatic heterocycles. The first kappa shape index (κ1) is 13.5. The fourth-order valence-electron chi connectivity index (χ4n) is 1.40. The molecule has 0 amide bonds. The molecule has 18 heavy (non-hydrogen) atoms. The van der Waals surface area contributed by atoms with E-state index < -0.39 is 10.0 Å². The van der Waals surface area contributed by atoms with Crippen LogP contribution in [0.15, 0.2) is 40.7 Å². The van der Waals surface area contributed by atoms with Crippen molar-refractivity contribution in [1.82, 2.24) is 9.71 Å². The lowest BCUT2D eigenvalue weighted by atomic mass is 10.3. The number of thiophene rings is 1. The molecule has 0 saturated heterocycles. The first-order valence-electron chi connectivity index (χ1n) is 5.21. The van der Waals surface area contributed by atoms with Crippen LogP contribution < -0.4 is 4.72 Å². The standard InChI is InChI=1S/C11H11ClN2O2S2/c12-11-8-10(4-5-13-11)18(15,16)14-6-3-9-2-1-7-17-9/h1-2,4-5,7-8,14H,3,6H2. The van der Waals surface area contributed by atoms with Crippen LogP contribution in [0.1, 0.15) is 4.88 Å².